The Morgan fingerprint density at radius 1 is 0.938 bits per heavy atom. The van der Waals surface area contributed by atoms with Crippen LogP contribution in [0.1, 0.15) is 10.4 Å². The second-order valence-electron chi connectivity index (χ2n) is 7.96. The van der Waals surface area contributed by atoms with E-state index in [9.17, 15) is 4.79 Å². The molecule has 1 aliphatic rings. The van der Waals surface area contributed by atoms with E-state index in [1.165, 1.54) is 5.56 Å². The number of hydrogen-bond donors (Lipinski definition) is 1. The molecule has 0 spiro atoms. The predicted octanol–water partition coefficient (Wildman–Crippen LogP) is 3.75. The molecular formula is C26H26N4O2. The van der Waals surface area contributed by atoms with Crippen molar-refractivity contribution in [3.63, 3.8) is 0 Å². The van der Waals surface area contributed by atoms with Crippen molar-refractivity contribution in [2.45, 2.75) is 0 Å². The summed E-state index contributed by atoms with van der Waals surface area (Å²) in [7, 11) is 0. The van der Waals surface area contributed by atoms with Crippen LogP contribution in [-0.2, 0) is 4.74 Å². The zero-order valence-electron chi connectivity index (χ0n) is 17.9. The molecule has 1 aliphatic heterocycles. The summed E-state index contributed by atoms with van der Waals surface area (Å²) in [6, 6.07) is 24.3. The standard InChI is InChI=1S/C26H26N4O2/c31-26(27-11-12-29-13-15-32-16-14-29)22-7-4-8-24(18-22)30-25-10-9-21(17-23(25)19-28-30)20-5-2-1-3-6-20/h1-10,17-19H,11-16H2,(H,27,31). The molecule has 6 nitrogen and oxygen atoms in total. The Hall–Kier alpha value is -3.48. The quantitative estimate of drug-likeness (QED) is 0.510. The van der Waals surface area contributed by atoms with Gasteiger partial charge in [0, 0.05) is 37.1 Å². The molecule has 3 aromatic carbocycles. The first-order valence-electron chi connectivity index (χ1n) is 11.0. The molecule has 1 fully saturated rings. The molecule has 32 heavy (non-hydrogen) atoms. The third kappa shape index (κ3) is 4.42. The molecule has 0 bridgehead atoms. The van der Waals surface area contributed by atoms with Crippen LogP contribution in [0.4, 0.5) is 0 Å². The van der Waals surface area contributed by atoms with Crippen LogP contribution < -0.4 is 5.32 Å². The van der Waals surface area contributed by atoms with Gasteiger partial charge >= 0.3 is 0 Å². The van der Waals surface area contributed by atoms with Crippen LogP contribution in [0.25, 0.3) is 27.7 Å². The lowest BCUT2D eigenvalue weighted by Gasteiger charge is -2.26. The molecule has 4 aromatic rings. The number of carbonyl (C=O) groups is 1. The molecule has 0 aliphatic carbocycles. The van der Waals surface area contributed by atoms with Crippen molar-refractivity contribution in [3.05, 3.63) is 84.6 Å². The van der Waals surface area contributed by atoms with Gasteiger partial charge in [0.2, 0.25) is 0 Å². The third-order valence-electron chi connectivity index (χ3n) is 5.85. The lowest BCUT2D eigenvalue weighted by atomic mass is 10.0. The van der Waals surface area contributed by atoms with Crippen LogP contribution in [0.2, 0.25) is 0 Å². The van der Waals surface area contributed by atoms with E-state index in [0.717, 1.165) is 55.0 Å². The van der Waals surface area contributed by atoms with Crippen LogP contribution in [0.15, 0.2) is 79.0 Å². The minimum atomic E-state index is -0.0667. The Kier molecular flexibility index (Phi) is 5.96. The Bertz CT molecular complexity index is 1210. The SMILES string of the molecule is O=C(NCCN1CCOCC1)c1cccc(-n2ncc3cc(-c4ccccc4)ccc32)c1. The van der Waals surface area contributed by atoms with Gasteiger partial charge in [0.05, 0.1) is 30.6 Å². The average molecular weight is 427 g/mol. The Morgan fingerprint density at radius 3 is 2.62 bits per heavy atom. The number of hydrogen-bond acceptors (Lipinski definition) is 4. The second-order valence-corrected chi connectivity index (χ2v) is 7.96. The van der Waals surface area contributed by atoms with E-state index < -0.39 is 0 Å². The van der Waals surface area contributed by atoms with Crippen LogP contribution in [-0.4, -0.2) is 60.0 Å². The van der Waals surface area contributed by atoms with Gasteiger partial charge in [0.15, 0.2) is 0 Å². The predicted molar refractivity (Wildman–Crippen MR) is 126 cm³/mol. The Labute approximate surface area is 187 Å². The van der Waals surface area contributed by atoms with Gasteiger partial charge in [0.1, 0.15) is 0 Å². The number of fused-ring (bicyclic) bond motifs is 1. The highest BCUT2D eigenvalue weighted by atomic mass is 16.5. The topological polar surface area (TPSA) is 59.4 Å². The first-order valence-corrected chi connectivity index (χ1v) is 11.0. The summed E-state index contributed by atoms with van der Waals surface area (Å²) >= 11 is 0. The summed E-state index contributed by atoms with van der Waals surface area (Å²) in [5.74, 6) is -0.0667. The fourth-order valence-corrected chi connectivity index (χ4v) is 4.08. The van der Waals surface area contributed by atoms with E-state index >= 15 is 0 Å². The fourth-order valence-electron chi connectivity index (χ4n) is 4.08. The van der Waals surface area contributed by atoms with E-state index in [1.54, 1.807) is 0 Å². The number of amides is 1. The highest BCUT2D eigenvalue weighted by Gasteiger charge is 2.12. The maximum Gasteiger partial charge on any atom is 0.251 e. The van der Waals surface area contributed by atoms with Gasteiger partial charge in [-0.15, -0.1) is 0 Å². The van der Waals surface area contributed by atoms with Gasteiger partial charge in [0.25, 0.3) is 5.91 Å². The van der Waals surface area contributed by atoms with Crippen LogP contribution in [0.5, 0.6) is 0 Å². The number of rotatable bonds is 6. The van der Waals surface area contributed by atoms with E-state index in [-0.39, 0.29) is 5.91 Å². The molecule has 1 N–H and O–H groups in total. The summed E-state index contributed by atoms with van der Waals surface area (Å²) in [5, 5.41) is 8.68. The fraction of sp³-hybridized carbons (Fsp3) is 0.231. The van der Waals surface area contributed by atoms with Crippen molar-refractivity contribution in [1.82, 2.24) is 20.0 Å². The first-order chi connectivity index (χ1) is 15.8. The van der Waals surface area contributed by atoms with Crippen molar-refractivity contribution in [2.24, 2.45) is 0 Å². The maximum absolute atomic E-state index is 12.7. The number of benzene rings is 3. The van der Waals surface area contributed by atoms with Gasteiger partial charge in [-0.05, 0) is 41.5 Å². The van der Waals surface area contributed by atoms with Crippen molar-refractivity contribution in [1.29, 1.82) is 0 Å². The molecule has 2 heterocycles. The molecule has 0 atom stereocenters. The molecule has 6 heteroatoms. The molecule has 0 unspecified atom stereocenters. The van der Waals surface area contributed by atoms with Gasteiger partial charge in [-0.1, -0.05) is 42.5 Å². The van der Waals surface area contributed by atoms with E-state index in [1.807, 2.05) is 53.3 Å². The summed E-state index contributed by atoms with van der Waals surface area (Å²) in [4.78, 5) is 15.0. The minimum absolute atomic E-state index is 0.0667. The molecule has 1 saturated heterocycles. The minimum Gasteiger partial charge on any atom is -0.379 e. The largest absolute Gasteiger partial charge is 0.379 e. The lowest BCUT2D eigenvalue weighted by molar-refractivity contribution is 0.0383. The van der Waals surface area contributed by atoms with Gasteiger partial charge in [-0.25, -0.2) is 4.68 Å². The van der Waals surface area contributed by atoms with Crippen molar-refractivity contribution >= 4 is 16.8 Å². The van der Waals surface area contributed by atoms with Crippen LogP contribution in [0, 0.1) is 0 Å². The van der Waals surface area contributed by atoms with E-state index in [0.29, 0.717) is 12.1 Å². The number of nitrogens with one attached hydrogen (secondary N) is 1. The molecule has 5 rings (SSSR count). The lowest BCUT2D eigenvalue weighted by Crippen LogP contribution is -2.41. The second kappa shape index (κ2) is 9.34. The molecule has 0 saturated carbocycles. The zero-order chi connectivity index (χ0) is 21.8. The number of nitrogens with zero attached hydrogens (tertiary/aromatic N) is 3. The Balaban J connectivity index is 1.32. The monoisotopic (exact) mass is 426 g/mol. The molecule has 162 valence electrons. The van der Waals surface area contributed by atoms with Gasteiger partial charge in [-0.2, -0.15) is 5.10 Å². The Morgan fingerprint density at radius 2 is 1.78 bits per heavy atom. The highest BCUT2D eigenvalue weighted by molar-refractivity contribution is 5.95. The van der Waals surface area contributed by atoms with E-state index in [4.69, 9.17) is 4.74 Å². The van der Waals surface area contributed by atoms with Crippen LogP contribution in [0.3, 0.4) is 0 Å². The van der Waals surface area contributed by atoms with Gasteiger partial charge in [-0.3, -0.25) is 9.69 Å². The normalized spacial score (nSPS) is 14.5. The maximum atomic E-state index is 12.7. The third-order valence-corrected chi connectivity index (χ3v) is 5.85. The number of carbonyl (C=O) groups excluding carboxylic acids is 1. The summed E-state index contributed by atoms with van der Waals surface area (Å²) in [6.45, 7) is 4.83. The van der Waals surface area contributed by atoms with Crippen LogP contribution >= 0.6 is 0 Å². The van der Waals surface area contributed by atoms with E-state index in [2.05, 4.69) is 45.6 Å². The summed E-state index contributed by atoms with van der Waals surface area (Å²) < 4.78 is 7.25. The number of morpholine rings is 1. The van der Waals surface area contributed by atoms with Crippen molar-refractivity contribution < 1.29 is 9.53 Å². The number of aromatic nitrogens is 2. The molecule has 1 amide bonds. The van der Waals surface area contributed by atoms with Gasteiger partial charge < -0.3 is 10.1 Å². The van der Waals surface area contributed by atoms with Crippen molar-refractivity contribution in [3.8, 4) is 16.8 Å². The summed E-state index contributed by atoms with van der Waals surface area (Å²) in [5.41, 5.74) is 4.85. The molecular weight excluding hydrogens is 400 g/mol. The number of ether oxygens (including phenoxy) is 1. The van der Waals surface area contributed by atoms with Crippen molar-refractivity contribution in [2.75, 3.05) is 39.4 Å². The summed E-state index contributed by atoms with van der Waals surface area (Å²) in [6.07, 6.45) is 1.87. The first kappa shape index (κ1) is 20.4. The zero-order valence-corrected chi connectivity index (χ0v) is 17.9. The highest BCUT2D eigenvalue weighted by Crippen LogP contribution is 2.26. The molecule has 1 aromatic heterocycles. The average Bonchev–Trinajstić information content (AvgIpc) is 3.29. The molecule has 0 radical (unpaired) electrons. The smallest absolute Gasteiger partial charge is 0.251 e.